The Bertz CT molecular complexity index is 1510. The number of fused-ring (bicyclic) bond motifs is 1. The molecule has 1 atom stereocenters. The topological polar surface area (TPSA) is 88.9 Å². The molecule has 13 heteroatoms. The number of carbonyl (C=O) groups excluding carboxylic acids is 2. The summed E-state index contributed by atoms with van der Waals surface area (Å²) >= 11 is 0. The van der Waals surface area contributed by atoms with Crippen LogP contribution >= 0.6 is 0 Å². The smallest absolute Gasteiger partial charge is 0.417 e. The first-order valence-electron chi connectivity index (χ1n) is 12.8. The highest BCUT2D eigenvalue weighted by atomic mass is 19.4. The van der Waals surface area contributed by atoms with Gasteiger partial charge in [-0.1, -0.05) is 25.5 Å². The van der Waals surface area contributed by atoms with Gasteiger partial charge >= 0.3 is 24.0 Å². The largest absolute Gasteiger partial charge is 0.493 e. The van der Waals surface area contributed by atoms with Crippen LogP contribution in [-0.4, -0.2) is 30.0 Å². The highest BCUT2D eigenvalue weighted by molar-refractivity contribution is 6.07. The maximum Gasteiger partial charge on any atom is 0.417 e. The van der Waals surface area contributed by atoms with Crippen LogP contribution in [0.15, 0.2) is 51.7 Å². The molecule has 0 saturated carbocycles. The van der Waals surface area contributed by atoms with Gasteiger partial charge in [0.1, 0.15) is 16.9 Å². The SMILES string of the molecule is CCCc1c(OCCCCN2C(=O)NC(C)(c3ccc(C(F)(F)F)cc3)C2=O)ccc2c(C(F)(F)F)cc(=O)oc12. The van der Waals surface area contributed by atoms with Crippen LogP contribution in [0.25, 0.3) is 11.0 Å². The third kappa shape index (κ3) is 6.03. The quantitative estimate of drug-likeness (QED) is 0.136. The van der Waals surface area contributed by atoms with Crippen LogP contribution in [0.1, 0.15) is 55.4 Å². The van der Waals surface area contributed by atoms with Gasteiger partial charge in [0, 0.05) is 23.6 Å². The molecule has 1 N–H and O–H groups in total. The van der Waals surface area contributed by atoms with E-state index >= 15 is 0 Å². The van der Waals surface area contributed by atoms with Gasteiger partial charge in [-0.3, -0.25) is 9.69 Å². The number of unbranched alkanes of at least 4 members (excludes halogenated alkanes) is 1. The Morgan fingerprint density at radius 3 is 2.24 bits per heavy atom. The van der Waals surface area contributed by atoms with Crippen molar-refractivity contribution in [3.8, 4) is 5.75 Å². The lowest BCUT2D eigenvalue weighted by atomic mass is 9.91. The number of nitrogens with one attached hydrogen (secondary N) is 1. The van der Waals surface area contributed by atoms with Crippen molar-refractivity contribution in [3.05, 3.63) is 75.1 Å². The first kappa shape index (κ1) is 29.9. The van der Waals surface area contributed by atoms with E-state index in [0.29, 0.717) is 37.3 Å². The second kappa shape index (κ2) is 11.1. The lowest BCUT2D eigenvalue weighted by molar-refractivity contribution is -0.138. The zero-order chi connectivity index (χ0) is 30.2. The molecule has 4 rings (SSSR count). The lowest BCUT2D eigenvalue weighted by Crippen LogP contribution is -2.41. The molecule has 1 fully saturated rings. The lowest BCUT2D eigenvalue weighted by Gasteiger charge is -2.22. The number of urea groups is 1. The molecule has 3 amide bonds. The van der Waals surface area contributed by atoms with E-state index in [1.807, 2.05) is 6.92 Å². The van der Waals surface area contributed by atoms with Crippen LogP contribution in [0.3, 0.4) is 0 Å². The summed E-state index contributed by atoms with van der Waals surface area (Å²) in [6.07, 6.45) is -7.79. The van der Waals surface area contributed by atoms with E-state index in [9.17, 15) is 40.7 Å². The number of hydrogen-bond donors (Lipinski definition) is 1. The highest BCUT2D eigenvalue weighted by Gasteiger charge is 2.48. The van der Waals surface area contributed by atoms with Crippen molar-refractivity contribution in [2.75, 3.05) is 13.2 Å². The summed E-state index contributed by atoms with van der Waals surface area (Å²) < 4.78 is 90.1. The number of rotatable bonds is 9. The van der Waals surface area contributed by atoms with Gasteiger partial charge in [0.05, 0.1) is 17.7 Å². The van der Waals surface area contributed by atoms with Crippen LogP contribution in [-0.2, 0) is 29.1 Å². The first-order chi connectivity index (χ1) is 19.2. The van der Waals surface area contributed by atoms with E-state index in [1.165, 1.54) is 19.1 Å². The van der Waals surface area contributed by atoms with E-state index in [4.69, 9.17) is 9.15 Å². The summed E-state index contributed by atoms with van der Waals surface area (Å²) in [6.45, 7) is 3.32. The molecule has 41 heavy (non-hydrogen) atoms. The molecule has 1 aliphatic heterocycles. The molecule has 1 aromatic heterocycles. The Morgan fingerprint density at radius 1 is 0.951 bits per heavy atom. The van der Waals surface area contributed by atoms with Crippen molar-refractivity contribution in [1.29, 1.82) is 0 Å². The molecular formula is C28H26F6N2O5. The summed E-state index contributed by atoms with van der Waals surface area (Å²) in [4.78, 5) is 38.4. The van der Waals surface area contributed by atoms with Gasteiger partial charge in [-0.15, -0.1) is 0 Å². The fourth-order valence-electron chi connectivity index (χ4n) is 4.76. The van der Waals surface area contributed by atoms with Gasteiger partial charge in [-0.25, -0.2) is 9.59 Å². The van der Waals surface area contributed by atoms with Crippen molar-refractivity contribution in [2.45, 2.75) is 57.4 Å². The molecule has 0 aliphatic carbocycles. The van der Waals surface area contributed by atoms with Gasteiger partial charge in [-0.05, 0) is 56.0 Å². The van der Waals surface area contributed by atoms with Crippen molar-refractivity contribution in [1.82, 2.24) is 10.2 Å². The minimum absolute atomic E-state index is 0.00755. The molecule has 2 heterocycles. The van der Waals surface area contributed by atoms with Crippen LogP contribution in [0.2, 0.25) is 0 Å². The number of aryl methyl sites for hydroxylation is 1. The van der Waals surface area contributed by atoms with E-state index in [0.717, 1.165) is 29.2 Å². The van der Waals surface area contributed by atoms with Crippen LogP contribution in [0.4, 0.5) is 31.1 Å². The van der Waals surface area contributed by atoms with Crippen LogP contribution in [0, 0.1) is 0 Å². The van der Waals surface area contributed by atoms with Crippen molar-refractivity contribution >= 4 is 22.9 Å². The van der Waals surface area contributed by atoms with Crippen molar-refractivity contribution in [2.24, 2.45) is 0 Å². The number of imide groups is 1. The summed E-state index contributed by atoms with van der Waals surface area (Å²) in [5.41, 5.74) is -4.29. The molecule has 0 bridgehead atoms. The van der Waals surface area contributed by atoms with Crippen LogP contribution < -0.4 is 15.7 Å². The zero-order valence-corrected chi connectivity index (χ0v) is 22.0. The number of nitrogens with zero attached hydrogens (tertiary/aromatic N) is 1. The molecule has 0 spiro atoms. The molecule has 1 saturated heterocycles. The zero-order valence-electron chi connectivity index (χ0n) is 22.0. The van der Waals surface area contributed by atoms with Gasteiger partial charge in [0.2, 0.25) is 0 Å². The third-order valence-electron chi connectivity index (χ3n) is 6.88. The normalized spacial score (nSPS) is 17.8. The average Bonchev–Trinajstić information content (AvgIpc) is 3.11. The predicted octanol–water partition coefficient (Wildman–Crippen LogP) is 6.41. The molecule has 2 aromatic carbocycles. The number of amides is 3. The minimum Gasteiger partial charge on any atom is -0.493 e. The Kier molecular flexibility index (Phi) is 8.10. The monoisotopic (exact) mass is 584 g/mol. The standard InChI is InChI=1S/C28H26F6N2O5/c1-3-6-19-21(12-11-18-20(28(32,33)34)15-22(37)41-23(18)19)40-14-5-4-13-36-24(38)26(2,35-25(36)39)16-7-9-17(10-8-16)27(29,30)31/h7-12,15H,3-6,13-14H2,1-2H3,(H,35,39). The van der Waals surface area contributed by atoms with E-state index in [-0.39, 0.29) is 35.4 Å². The second-order valence-corrected chi connectivity index (χ2v) is 9.79. The van der Waals surface area contributed by atoms with Crippen molar-refractivity contribution < 1.29 is 45.1 Å². The van der Waals surface area contributed by atoms with E-state index < -0.39 is 46.6 Å². The summed E-state index contributed by atoms with van der Waals surface area (Å²) in [5, 5.41) is 2.29. The fraction of sp³-hybridized carbons (Fsp3) is 0.393. The predicted molar refractivity (Wildman–Crippen MR) is 135 cm³/mol. The summed E-state index contributed by atoms with van der Waals surface area (Å²) in [7, 11) is 0. The van der Waals surface area contributed by atoms with Gasteiger partial charge in [0.25, 0.3) is 5.91 Å². The molecular weight excluding hydrogens is 558 g/mol. The number of halogens is 6. The summed E-state index contributed by atoms with van der Waals surface area (Å²) in [5.74, 6) is -0.356. The number of carbonyl (C=O) groups is 2. The maximum atomic E-state index is 13.5. The second-order valence-electron chi connectivity index (χ2n) is 9.79. The Morgan fingerprint density at radius 2 is 1.63 bits per heavy atom. The Hall–Kier alpha value is -4.03. The highest BCUT2D eigenvalue weighted by Crippen LogP contribution is 2.38. The van der Waals surface area contributed by atoms with Gasteiger partial charge < -0.3 is 14.5 Å². The molecule has 1 unspecified atom stereocenters. The van der Waals surface area contributed by atoms with E-state index in [2.05, 4.69) is 5.32 Å². The van der Waals surface area contributed by atoms with Crippen molar-refractivity contribution in [3.63, 3.8) is 0 Å². The van der Waals surface area contributed by atoms with Crippen LogP contribution in [0.5, 0.6) is 5.75 Å². The first-order valence-corrected chi connectivity index (χ1v) is 12.8. The molecule has 0 radical (unpaired) electrons. The number of benzene rings is 2. The molecule has 1 aliphatic rings. The minimum atomic E-state index is -4.75. The molecule has 7 nitrogen and oxygen atoms in total. The molecule has 3 aromatic rings. The van der Waals surface area contributed by atoms with E-state index in [1.54, 1.807) is 0 Å². The Balaban J connectivity index is 1.41. The Labute approximate surface area is 230 Å². The number of ether oxygens (including phenoxy) is 1. The van der Waals surface area contributed by atoms with Gasteiger partial charge in [-0.2, -0.15) is 26.3 Å². The summed E-state index contributed by atoms with van der Waals surface area (Å²) in [6, 6.07) is 6.28. The fourth-order valence-corrected chi connectivity index (χ4v) is 4.76. The average molecular weight is 585 g/mol. The van der Waals surface area contributed by atoms with Gasteiger partial charge in [0.15, 0.2) is 0 Å². The number of hydrogen-bond acceptors (Lipinski definition) is 5. The number of alkyl halides is 6. The maximum absolute atomic E-state index is 13.5. The third-order valence-corrected chi connectivity index (χ3v) is 6.88. The molecule has 220 valence electrons.